The van der Waals surface area contributed by atoms with Gasteiger partial charge in [0.05, 0.1) is 13.2 Å². The summed E-state index contributed by atoms with van der Waals surface area (Å²) in [7, 11) is 3.52. The summed E-state index contributed by atoms with van der Waals surface area (Å²) in [4.78, 5) is 0. The molecule has 2 aromatic rings. The minimum atomic E-state index is -0.596. The van der Waals surface area contributed by atoms with Crippen molar-refractivity contribution >= 4 is 11.8 Å². The van der Waals surface area contributed by atoms with Crippen LogP contribution in [0.15, 0.2) is 29.7 Å². The van der Waals surface area contributed by atoms with Gasteiger partial charge in [0.2, 0.25) is 0 Å². The predicted octanol–water partition coefficient (Wildman–Crippen LogP) is 2.65. The molecule has 0 aliphatic heterocycles. The molecule has 1 N–H and O–H groups in total. The van der Waals surface area contributed by atoms with Crippen molar-refractivity contribution in [1.29, 1.82) is 0 Å². The molecule has 132 valence electrons. The number of rotatable bonds is 7. The number of aryl methyl sites for hydroxylation is 1. The monoisotopic (exact) mass is 351 g/mol. The van der Waals surface area contributed by atoms with E-state index in [0.717, 1.165) is 22.2 Å². The van der Waals surface area contributed by atoms with Gasteiger partial charge >= 0.3 is 0 Å². The fraction of sp³-hybridized carbons (Fsp3) is 0.529. The van der Waals surface area contributed by atoms with E-state index < -0.39 is 6.10 Å². The third-order valence-corrected chi connectivity index (χ3v) is 4.68. The maximum atomic E-state index is 10.2. The van der Waals surface area contributed by atoms with Crippen LogP contribution in [0.1, 0.15) is 26.3 Å². The van der Waals surface area contributed by atoms with Gasteiger partial charge in [-0.15, -0.1) is 10.2 Å². The highest BCUT2D eigenvalue weighted by molar-refractivity contribution is 7.99. The molecule has 0 aliphatic carbocycles. The third kappa shape index (κ3) is 4.88. The zero-order valence-corrected chi connectivity index (χ0v) is 15.6. The van der Waals surface area contributed by atoms with Crippen molar-refractivity contribution in [3.8, 4) is 11.5 Å². The van der Waals surface area contributed by atoms with E-state index in [1.165, 1.54) is 11.8 Å². The molecule has 1 aromatic heterocycles. The number of methoxy groups -OCH3 is 1. The number of thioether (sulfide) groups is 1. The number of aromatic nitrogens is 3. The number of ether oxygens (including phenoxy) is 2. The number of aliphatic hydroxyl groups is 1. The van der Waals surface area contributed by atoms with Crippen LogP contribution in [-0.2, 0) is 12.5 Å². The van der Waals surface area contributed by atoms with Crippen molar-refractivity contribution in [3.63, 3.8) is 0 Å². The van der Waals surface area contributed by atoms with Crippen LogP contribution in [0.25, 0.3) is 0 Å². The van der Waals surface area contributed by atoms with Crippen LogP contribution in [0, 0.1) is 0 Å². The molecule has 24 heavy (non-hydrogen) atoms. The first-order valence-corrected chi connectivity index (χ1v) is 8.76. The third-order valence-electron chi connectivity index (χ3n) is 3.50. The second-order valence-electron chi connectivity index (χ2n) is 6.61. The average molecular weight is 351 g/mol. The molecule has 0 saturated carbocycles. The van der Waals surface area contributed by atoms with E-state index in [1.54, 1.807) is 13.4 Å². The highest BCUT2D eigenvalue weighted by Crippen LogP contribution is 2.34. The number of nitrogens with zero attached hydrogens (tertiary/aromatic N) is 3. The zero-order chi connectivity index (χ0) is 17.7. The van der Waals surface area contributed by atoms with Crippen molar-refractivity contribution in [2.24, 2.45) is 7.05 Å². The summed E-state index contributed by atoms with van der Waals surface area (Å²) >= 11 is 1.45. The number of hydrogen-bond donors (Lipinski definition) is 1. The van der Waals surface area contributed by atoms with Crippen molar-refractivity contribution < 1.29 is 14.6 Å². The molecular formula is C17H25N3O3S. The number of aliphatic hydroxyl groups excluding tert-OH is 1. The molecule has 0 fully saturated rings. The normalized spacial score (nSPS) is 12.9. The molecule has 6 nitrogen and oxygen atoms in total. The molecule has 0 spiro atoms. The number of hydrogen-bond acceptors (Lipinski definition) is 6. The lowest BCUT2D eigenvalue weighted by Crippen LogP contribution is -2.22. The predicted molar refractivity (Wildman–Crippen MR) is 94.9 cm³/mol. The largest absolute Gasteiger partial charge is 0.497 e. The summed E-state index contributed by atoms with van der Waals surface area (Å²) in [6.45, 7) is 6.58. The maximum absolute atomic E-state index is 10.2. The van der Waals surface area contributed by atoms with Crippen molar-refractivity contribution in [2.45, 2.75) is 37.4 Å². The fourth-order valence-corrected chi connectivity index (χ4v) is 2.95. The van der Waals surface area contributed by atoms with Gasteiger partial charge in [-0.05, 0) is 23.6 Å². The maximum Gasteiger partial charge on any atom is 0.190 e. The molecule has 0 bridgehead atoms. The van der Waals surface area contributed by atoms with Crippen LogP contribution in [0.5, 0.6) is 11.5 Å². The molecule has 0 amide bonds. The molecule has 0 saturated heterocycles. The SMILES string of the molecule is COc1ccc(OCC(O)CSc2nncn2C)c(C(C)(C)C)c1. The van der Waals surface area contributed by atoms with Gasteiger partial charge in [-0.2, -0.15) is 0 Å². The molecule has 7 heteroatoms. The molecule has 1 heterocycles. The zero-order valence-electron chi connectivity index (χ0n) is 14.8. The summed E-state index contributed by atoms with van der Waals surface area (Å²) in [5.41, 5.74) is 0.970. The molecule has 0 aliphatic rings. The first kappa shape index (κ1) is 18.6. The lowest BCUT2D eigenvalue weighted by Gasteiger charge is -2.24. The summed E-state index contributed by atoms with van der Waals surface area (Å²) in [6, 6.07) is 5.74. The Bertz CT molecular complexity index is 667. The van der Waals surface area contributed by atoms with Crippen LogP contribution in [0.3, 0.4) is 0 Å². The van der Waals surface area contributed by atoms with E-state index in [2.05, 4.69) is 31.0 Å². The van der Waals surface area contributed by atoms with Gasteiger partial charge in [-0.3, -0.25) is 0 Å². The molecule has 0 radical (unpaired) electrons. The van der Waals surface area contributed by atoms with E-state index in [0.29, 0.717) is 5.75 Å². The van der Waals surface area contributed by atoms with Gasteiger partial charge in [0.1, 0.15) is 24.4 Å². The quantitative estimate of drug-likeness (QED) is 0.774. The first-order valence-electron chi connectivity index (χ1n) is 7.77. The van der Waals surface area contributed by atoms with Crippen LogP contribution < -0.4 is 9.47 Å². The summed E-state index contributed by atoms with van der Waals surface area (Å²) < 4.78 is 13.0. The van der Waals surface area contributed by atoms with Crippen molar-refractivity contribution in [3.05, 3.63) is 30.1 Å². The minimum Gasteiger partial charge on any atom is -0.497 e. The highest BCUT2D eigenvalue weighted by atomic mass is 32.2. The summed E-state index contributed by atoms with van der Waals surface area (Å²) in [5.74, 6) is 2.06. The van der Waals surface area contributed by atoms with Crippen LogP contribution in [0.4, 0.5) is 0 Å². The van der Waals surface area contributed by atoms with Crippen molar-refractivity contribution in [1.82, 2.24) is 14.8 Å². The Balaban J connectivity index is 1.97. The standard InChI is InChI=1S/C17H25N3O3S/c1-17(2,3)14-8-13(22-5)6-7-15(14)23-9-12(21)10-24-16-19-18-11-20(16)4/h6-8,11-12,21H,9-10H2,1-5H3. The van der Waals surface area contributed by atoms with Gasteiger partial charge < -0.3 is 19.1 Å². The van der Waals surface area contributed by atoms with Crippen LogP contribution >= 0.6 is 11.8 Å². The minimum absolute atomic E-state index is 0.0811. The van der Waals surface area contributed by atoms with Gasteiger partial charge in [-0.25, -0.2) is 0 Å². The fourth-order valence-electron chi connectivity index (χ4n) is 2.16. The molecule has 1 unspecified atom stereocenters. The smallest absolute Gasteiger partial charge is 0.190 e. The van der Waals surface area contributed by atoms with Gasteiger partial charge in [0, 0.05) is 18.4 Å². The second-order valence-corrected chi connectivity index (χ2v) is 7.60. The Morgan fingerprint density at radius 2 is 2.08 bits per heavy atom. The summed E-state index contributed by atoms with van der Waals surface area (Å²) in [6.07, 6.45) is 1.04. The van der Waals surface area contributed by atoms with E-state index in [4.69, 9.17) is 9.47 Å². The highest BCUT2D eigenvalue weighted by Gasteiger charge is 2.20. The van der Waals surface area contributed by atoms with Crippen LogP contribution in [0.2, 0.25) is 0 Å². The molecule has 1 atom stereocenters. The average Bonchev–Trinajstić information content (AvgIpc) is 2.95. The van der Waals surface area contributed by atoms with Crippen LogP contribution in [-0.4, -0.2) is 45.4 Å². The molecule has 2 rings (SSSR count). The Labute approximate surface area is 147 Å². The van der Waals surface area contributed by atoms with E-state index in [-0.39, 0.29) is 12.0 Å². The molecular weight excluding hydrogens is 326 g/mol. The second kappa shape index (κ2) is 7.90. The lowest BCUT2D eigenvalue weighted by molar-refractivity contribution is 0.125. The van der Waals surface area contributed by atoms with Gasteiger partial charge in [0.25, 0.3) is 0 Å². The van der Waals surface area contributed by atoms with Gasteiger partial charge in [0.15, 0.2) is 5.16 Å². The van der Waals surface area contributed by atoms with E-state index in [9.17, 15) is 5.11 Å². The Kier molecular flexibility index (Phi) is 6.12. The van der Waals surface area contributed by atoms with E-state index in [1.807, 2.05) is 29.8 Å². The number of benzene rings is 1. The topological polar surface area (TPSA) is 69.4 Å². The Hall–Kier alpha value is -1.73. The lowest BCUT2D eigenvalue weighted by atomic mass is 9.86. The first-order chi connectivity index (χ1) is 11.3. The Morgan fingerprint density at radius 3 is 2.67 bits per heavy atom. The Morgan fingerprint density at radius 1 is 1.33 bits per heavy atom. The van der Waals surface area contributed by atoms with E-state index >= 15 is 0 Å². The van der Waals surface area contributed by atoms with Gasteiger partial charge in [-0.1, -0.05) is 32.5 Å². The molecule has 1 aromatic carbocycles. The van der Waals surface area contributed by atoms with Crippen molar-refractivity contribution in [2.75, 3.05) is 19.5 Å². The summed E-state index contributed by atoms with van der Waals surface area (Å²) in [5, 5.41) is 18.7.